The van der Waals surface area contributed by atoms with E-state index in [1.165, 1.54) is 6.92 Å². The molecule has 0 saturated carbocycles. The first-order valence-corrected chi connectivity index (χ1v) is 9.07. The zero-order valence-electron chi connectivity index (χ0n) is 15.5. The average Bonchev–Trinajstić information content (AvgIpc) is 3.12. The molecule has 0 aromatic heterocycles. The summed E-state index contributed by atoms with van der Waals surface area (Å²) in [5, 5.41) is 2.78. The van der Waals surface area contributed by atoms with E-state index in [9.17, 15) is 9.59 Å². The first-order valence-electron chi connectivity index (χ1n) is 9.07. The molecule has 6 nitrogen and oxygen atoms in total. The van der Waals surface area contributed by atoms with E-state index in [2.05, 4.69) is 12.2 Å². The number of carbonyl (C=O) groups is 2. The van der Waals surface area contributed by atoms with Crippen molar-refractivity contribution in [1.29, 1.82) is 0 Å². The molecule has 2 aromatic carbocycles. The molecule has 1 aliphatic heterocycles. The van der Waals surface area contributed by atoms with Crippen LogP contribution < -0.4 is 19.5 Å². The molecule has 1 heterocycles. The van der Waals surface area contributed by atoms with E-state index in [1.807, 2.05) is 0 Å². The van der Waals surface area contributed by atoms with Crippen LogP contribution in [0.1, 0.15) is 53.8 Å². The van der Waals surface area contributed by atoms with Gasteiger partial charge in [-0.2, -0.15) is 0 Å². The number of carbonyl (C=O) groups excluding carboxylic acids is 2. The van der Waals surface area contributed by atoms with Crippen molar-refractivity contribution in [3.05, 3.63) is 47.5 Å². The van der Waals surface area contributed by atoms with Crippen LogP contribution in [0.15, 0.2) is 36.4 Å². The number of hydrogen-bond acceptors (Lipinski definition) is 5. The first kappa shape index (κ1) is 18.8. The molecular weight excluding hydrogens is 346 g/mol. The molecule has 0 saturated heterocycles. The number of nitrogens with one attached hydrogen (secondary N) is 1. The van der Waals surface area contributed by atoms with Crippen molar-refractivity contribution in [2.24, 2.45) is 0 Å². The maximum atomic E-state index is 12.6. The van der Waals surface area contributed by atoms with Crippen LogP contribution in [0.5, 0.6) is 17.2 Å². The molecule has 0 atom stereocenters. The summed E-state index contributed by atoms with van der Waals surface area (Å²) in [7, 11) is 0. The van der Waals surface area contributed by atoms with Gasteiger partial charge in [0.05, 0.1) is 12.3 Å². The minimum Gasteiger partial charge on any atom is -0.494 e. The standard InChI is InChI=1S/C21H23NO5/c1-3-4-5-10-25-16-8-6-15(7-9-16)21(24)22-18-12-20-19(26-13-27-20)11-17(18)14(2)23/h6-9,11-12H,3-5,10,13H2,1-2H3,(H,22,24). The summed E-state index contributed by atoms with van der Waals surface area (Å²) in [6, 6.07) is 10.1. The summed E-state index contributed by atoms with van der Waals surface area (Å²) in [4.78, 5) is 24.5. The molecular formula is C21H23NO5. The number of amides is 1. The maximum absolute atomic E-state index is 12.6. The highest BCUT2D eigenvalue weighted by Crippen LogP contribution is 2.37. The van der Waals surface area contributed by atoms with Crippen LogP contribution in [0.2, 0.25) is 0 Å². The Labute approximate surface area is 158 Å². The van der Waals surface area contributed by atoms with Crippen molar-refractivity contribution in [2.75, 3.05) is 18.7 Å². The number of Topliss-reactive ketones (excluding diaryl/α,β-unsaturated/α-hetero) is 1. The Morgan fingerprint density at radius 1 is 1.07 bits per heavy atom. The fraction of sp³-hybridized carbons (Fsp3) is 0.333. The molecule has 0 spiro atoms. The van der Waals surface area contributed by atoms with Crippen molar-refractivity contribution < 1.29 is 23.8 Å². The van der Waals surface area contributed by atoms with Gasteiger partial charge in [0.2, 0.25) is 6.79 Å². The highest BCUT2D eigenvalue weighted by atomic mass is 16.7. The second-order valence-corrected chi connectivity index (χ2v) is 6.34. The third kappa shape index (κ3) is 4.58. The molecule has 2 aromatic rings. The maximum Gasteiger partial charge on any atom is 0.255 e. The molecule has 1 amide bonds. The van der Waals surface area contributed by atoms with Crippen molar-refractivity contribution in [2.45, 2.75) is 33.1 Å². The van der Waals surface area contributed by atoms with Crippen molar-refractivity contribution in [3.63, 3.8) is 0 Å². The van der Waals surface area contributed by atoms with E-state index in [-0.39, 0.29) is 18.5 Å². The highest BCUT2D eigenvalue weighted by Gasteiger charge is 2.20. The van der Waals surface area contributed by atoms with Gasteiger partial charge >= 0.3 is 0 Å². The monoisotopic (exact) mass is 369 g/mol. The lowest BCUT2D eigenvalue weighted by Gasteiger charge is -2.11. The molecule has 6 heteroatoms. The number of anilines is 1. The smallest absolute Gasteiger partial charge is 0.255 e. The second-order valence-electron chi connectivity index (χ2n) is 6.34. The van der Waals surface area contributed by atoms with Crippen molar-refractivity contribution in [1.82, 2.24) is 0 Å². The third-order valence-corrected chi connectivity index (χ3v) is 4.27. The summed E-state index contributed by atoms with van der Waals surface area (Å²) in [5.41, 5.74) is 1.25. The lowest BCUT2D eigenvalue weighted by Crippen LogP contribution is -2.14. The van der Waals surface area contributed by atoms with Crippen LogP contribution in [-0.4, -0.2) is 25.1 Å². The Kier molecular flexibility index (Phi) is 5.96. The molecule has 0 fully saturated rings. The predicted molar refractivity (Wildman–Crippen MR) is 102 cm³/mol. The van der Waals surface area contributed by atoms with Gasteiger partial charge in [-0.05, 0) is 43.7 Å². The van der Waals surface area contributed by atoms with Crippen LogP contribution in [-0.2, 0) is 0 Å². The van der Waals surface area contributed by atoms with Gasteiger partial charge in [-0.3, -0.25) is 9.59 Å². The fourth-order valence-corrected chi connectivity index (χ4v) is 2.78. The van der Waals surface area contributed by atoms with Crippen LogP contribution in [0.25, 0.3) is 0 Å². The molecule has 3 rings (SSSR count). The number of benzene rings is 2. The minimum atomic E-state index is -0.311. The topological polar surface area (TPSA) is 73.9 Å². The normalized spacial score (nSPS) is 11.9. The Balaban J connectivity index is 1.69. The first-order chi connectivity index (χ1) is 13.1. The van der Waals surface area contributed by atoms with Crippen LogP contribution in [0, 0.1) is 0 Å². The zero-order chi connectivity index (χ0) is 19.2. The Hall–Kier alpha value is -3.02. The summed E-state index contributed by atoms with van der Waals surface area (Å²) < 4.78 is 16.3. The van der Waals surface area contributed by atoms with E-state index in [0.717, 1.165) is 25.0 Å². The predicted octanol–water partition coefficient (Wildman–Crippen LogP) is 4.44. The highest BCUT2D eigenvalue weighted by molar-refractivity contribution is 6.09. The summed E-state index contributed by atoms with van der Waals surface area (Å²) in [6.45, 7) is 4.35. The Morgan fingerprint density at radius 2 is 1.78 bits per heavy atom. The van der Waals surface area contributed by atoms with Crippen molar-refractivity contribution in [3.8, 4) is 17.2 Å². The molecule has 0 bridgehead atoms. The molecule has 27 heavy (non-hydrogen) atoms. The Bertz CT molecular complexity index is 829. The molecule has 0 radical (unpaired) electrons. The van der Waals surface area contributed by atoms with Gasteiger partial charge in [-0.15, -0.1) is 0 Å². The summed E-state index contributed by atoms with van der Waals surface area (Å²) in [6.07, 6.45) is 3.29. The number of hydrogen-bond donors (Lipinski definition) is 1. The van der Waals surface area contributed by atoms with Crippen LogP contribution in [0.4, 0.5) is 5.69 Å². The van der Waals surface area contributed by atoms with Crippen LogP contribution in [0.3, 0.4) is 0 Å². The number of ether oxygens (including phenoxy) is 3. The number of fused-ring (bicyclic) bond motifs is 1. The van der Waals surface area contributed by atoms with E-state index >= 15 is 0 Å². The largest absolute Gasteiger partial charge is 0.494 e. The average molecular weight is 369 g/mol. The quantitative estimate of drug-likeness (QED) is 0.550. The van der Waals surface area contributed by atoms with E-state index in [4.69, 9.17) is 14.2 Å². The number of unbranched alkanes of at least 4 members (excludes halogenated alkanes) is 2. The molecule has 0 aliphatic carbocycles. The SMILES string of the molecule is CCCCCOc1ccc(C(=O)Nc2cc3c(cc2C(C)=O)OCO3)cc1. The van der Waals surface area contributed by atoms with E-state index in [1.54, 1.807) is 36.4 Å². The third-order valence-electron chi connectivity index (χ3n) is 4.27. The van der Waals surface area contributed by atoms with Crippen molar-refractivity contribution >= 4 is 17.4 Å². The Morgan fingerprint density at radius 3 is 2.44 bits per heavy atom. The fourth-order valence-electron chi connectivity index (χ4n) is 2.78. The second kappa shape index (κ2) is 8.58. The van der Waals surface area contributed by atoms with Gasteiger partial charge < -0.3 is 19.5 Å². The summed E-state index contributed by atoms with van der Waals surface area (Å²) in [5.74, 6) is 1.26. The van der Waals surface area contributed by atoms with Gasteiger partial charge in [-0.1, -0.05) is 19.8 Å². The van der Waals surface area contributed by atoms with E-state index in [0.29, 0.717) is 34.9 Å². The van der Waals surface area contributed by atoms with Gasteiger partial charge in [0, 0.05) is 17.2 Å². The van der Waals surface area contributed by atoms with Crippen LogP contribution >= 0.6 is 0 Å². The molecule has 0 unspecified atom stereocenters. The van der Waals surface area contributed by atoms with Gasteiger partial charge in [0.1, 0.15) is 5.75 Å². The van der Waals surface area contributed by atoms with Gasteiger partial charge in [0.15, 0.2) is 17.3 Å². The lowest BCUT2D eigenvalue weighted by atomic mass is 10.1. The zero-order valence-corrected chi connectivity index (χ0v) is 15.5. The molecule has 1 aliphatic rings. The molecule has 1 N–H and O–H groups in total. The van der Waals surface area contributed by atoms with Gasteiger partial charge in [0.25, 0.3) is 5.91 Å². The molecule has 142 valence electrons. The number of rotatable bonds is 8. The summed E-state index contributed by atoms with van der Waals surface area (Å²) >= 11 is 0. The lowest BCUT2D eigenvalue weighted by molar-refractivity contribution is 0.101. The number of ketones is 1. The minimum absolute atomic E-state index is 0.101. The van der Waals surface area contributed by atoms with Gasteiger partial charge in [-0.25, -0.2) is 0 Å². The van der Waals surface area contributed by atoms with E-state index < -0.39 is 0 Å².